The highest BCUT2D eigenvalue weighted by molar-refractivity contribution is 7.92. The van der Waals surface area contributed by atoms with Gasteiger partial charge in [-0.25, -0.2) is 12.8 Å². The van der Waals surface area contributed by atoms with Gasteiger partial charge in [0.1, 0.15) is 17.3 Å². The first-order valence-corrected chi connectivity index (χ1v) is 7.48. The van der Waals surface area contributed by atoms with Gasteiger partial charge < -0.3 is 9.84 Å². The van der Waals surface area contributed by atoms with E-state index in [9.17, 15) is 17.9 Å². The summed E-state index contributed by atoms with van der Waals surface area (Å²) in [7, 11) is -2.49. The fraction of sp³-hybridized carbons (Fsp3) is 0.143. The molecule has 0 unspecified atom stereocenters. The van der Waals surface area contributed by atoms with E-state index in [1.54, 1.807) is 0 Å². The van der Waals surface area contributed by atoms with Crippen LogP contribution in [0.5, 0.6) is 11.5 Å². The fourth-order valence-electron chi connectivity index (χ4n) is 1.84. The molecule has 0 aliphatic rings. The Morgan fingerprint density at radius 1 is 1.19 bits per heavy atom. The highest BCUT2D eigenvalue weighted by Gasteiger charge is 2.19. The zero-order valence-electron chi connectivity index (χ0n) is 11.4. The lowest BCUT2D eigenvalue weighted by atomic mass is 10.2. The number of hydrogen-bond donors (Lipinski definition) is 2. The lowest BCUT2D eigenvalue weighted by molar-refractivity contribution is 0.408. The van der Waals surface area contributed by atoms with E-state index in [1.165, 1.54) is 38.3 Å². The van der Waals surface area contributed by atoms with Gasteiger partial charge in [0.15, 0.2) is 0 Å². The molecule has 0 bridgehead atoms. The van der Waals surface area contributed by atoms with Crippen molar-refractivity contribution in [2.75, 3.05) is 11.8 Å². The number of methoxy groups -OCH3 is 1. The number of halogens is 1. The van der Waals surface area contributed by atoms with Crippen LogP contribution in [0.2, 0.25) is 0 Å². The quantitative estimate of drug-likeness (QED) is 0.851. The number of anilines is 1. The van der Waals surface area contributed by atoms with Gasteiger partial charge >= 0.3 is 0 Å². The van der Waals surface area contributed by atoms with E-state index in [1.807, 2.05) is 0 Å². The topological polar surface area (TPSA) is 75.6 Å². The summed E-state index contributed by atoms with van der Waals surface area (Å²) in [5, 5.41) is 9.78. The first-order valence-electron chi connectivity index (χ1n) is 5.99. The van der Waals surface area contributed by atoms with Gasteiger partial charge in [-0.3, -0.25) is 4.72 Å². The van der Waals surface area contributed by atoms with E-state index in [2.05, 4.69) is 4.72 Å². The Morgan fingerprint density at radius 3 is 2.48 bits per heavy atom. The van der Waals surface area contributed by atoms with Crippen LogP contribution in [-0.2, 0) is 10.0 Å². The Labute approximate surface area is 122 Å². The minimum atomic E-state index is -3.92. The number of aromatic hydroxyl groups is 1. The van der Waals surface area contributed by atoms with Crippen LogP contribution in [0.1, 0.15) is 5.56 Å². The van der Waals surface area contributed by atoms with Gasteiger partial charge in [-0.2, -0.15) is 0 Å². The summed E-state index contributed by atoms with van der Waals surface area (Å²) in [5.41, 5.74) is 0.287. The molecular formula is C14H14FNO4S. The first kappa shape index (κ1) is 15.1. The molecule has 0 atom stereocenters. The van der Waals surface area contributed by atoms with E-state index in [4.69, 9.17) is 4.74 Å². The second-order valence-electron chi connectivity index (χ2n) is 4.40. The van der Waals surface area contributed by atoms with Gasteiger partial charge in [-0.05, 0) is 42.8 Å². The maximum atomic E-state index is 13.0. The van der Waals surface area contributed by atoms with Crippen molar-refractivity contribution >= 4 is 15.7 Å². The Balaban J connectivity index is 2.37. The molecule has 0 aliphatic heterocycles. The summed E-state index contributed by atoms with van der Waals surface area (Å²) < 4.78 is 44.7. The summed E-state index contributed by atoms with van der Waals surface area (Å²) in [6, 6.07) is 7.54. The molecule has 0 fully saturated rings. The summed E-state index contributed by atoms with van der Waals surface area (Å²) in [6.07, 6.45) is 0. The molecule has 0 aromatic heterocycles. The predicted octanol–water partition coefficient (Wildman–Crippen LogP) is 2.65. The summed E-state index contributed by atoms with van der Waals surface area (Å²) in [5.74, 6) is -0.384. The molecule has 5 nitrogen and oxygen atoms in total. The molecule has 2 aromatic carbocycles. The molecule has 7 heteroatoms. The molecule has 2 N–H and O–H groups in total. The SMILES string of the molecule is COc1ccc(NS(=O)(=O)c2ccc(F)cc2C)c(O)c1. The van der Waals surface area contributed by atoms with Crippen molar-refractivity contribution in [3.05, 3.63) is 47.8 Å². The molecule has 2 rings (SSSR count). The minimum Gasteiger partial charge on any atom is -0.506 e. The van der Waals surface area contributed by atoms with Crippen LogP contribution in [0.15, 0.2) is 41.3 Å². The second-order valence-corrected chi connectivity index (χ2v) is 6.05. The van der Waals surface area contributed by atoms with Gasteiger partial charge in [-0.15, -0.1) is 0 Å². The maximum absolute atomic E-state index is 13.0. The molecule has 0 radical (unpaired) electrons. The number of aryl methyl sites for hydroxylation is 1. The molecule has 0 saturated carbocycles. The average Bonchev–Trinajstić information content (AvgIpc) is 2.40. The Bertz CT molecular complexity index is 775. The van der Waals surface area contributed by atoms with E-state index < -0.39 is 15.8 Å². The fourth-order valence-corrected chi connectivity index (χ4v) is 3.14. The third kappa shape index (κ3) is 3.25. The average molecular weight is 311 g/mol. The van der Waals surface area contributed by atoms with Gasteiger partial charge in [0.25, 0.3) is 10.0 Å². The molecular weight excluding hydrogens is 297 g/mol. The van der Waals surface area contributed by atoms with Crippen molar-refractivity contribution in [1.29, 1.82) is 0 Å². The second kappa shape index (κ2) is 5.61. The van der Waals surface area contributed by atoms with Gasteiger partial charge in [-0.1, -0.05) is 0 Å². The van der Waals surface area contributed by atoms with Crippen LogP contribution in [0.4, 0.5) is 10.1 Å². The smallest absolute Gasteiger partial charge is 0.262 e. The van der Waals surface area contributed by atoms with Gasteiger partial charge in [0.2, 0.25) is 0 Å². The number of phenols is 1. The summed E-state index contributed by atoms with van der Waals surface area (Å²) in [4.78, 5) is -0.0564. The molecule has 112 valence electrons. The van der Waals surface area contributed by atoms with E-state index in [-0.39, 0.29) is 21.9 Å². The summed E-state index contributed by atoms with van der Waals surface area (Å²) >= 11 is 0. The van der Waals surface area contributed by atoms with Crippen molar-refractivity contribution in [1.82, 2.24) is 0 Å². The van der Waals surface area contributed by atoms with Gasteiger partial charge in [0, 0.05) is 6.07 Å². The van der Waals surface area contributed by atoms with Crippen LogP contribution in [0.25, 0.3) is 0 Å². The van der Waals surface area contributed by atoms with Crippen molar-refractivity contribution in [3.8, 4) is 11.5 Å². The van der Waals surface area contributed by atoms with Crippen molar-refractivity contribution in [2.24, 2.45) is 0 Å². The third-order valence-corrected chi connectivity index (χ3v) is 4.40. The number of ether oxygens (including phenoxy) is 1. The Kier molecular flexibility index (Phi) is 4.04. The molecule has 0 heterocycles. The van der Waals surface area contributed by atoms with E-state index in [0.717, 1.165) is 12.1 Å². The highest BCUT2D eigenvalue weighted by Crippen LogP contribution is 2.30. The number of phenolic OH excluding ortho intramolecular Hbond substituents is 1. The Morgan fingerprint density at radius 2 is 1.90 bits per heavy atom. The molecule has 2 aromatic rings. The van der Waals surface area contributed by atoms with Gasteiger partial charge in [0.05, 0.1) is 17.7 Å². The standard InChI is InChI=1S/C14H14FNO4S/c1-9-7-10(15)3-6-14(9)21(18,19)16-12-5-4-11(20-2)8-13(12)17/h3-8,16-17H,1-2H3. The monoisotopic (exact) mass is 311 g/mol. The lowest BCUT2D eigenvalue weighted by Gasteiger charge is -2.12. The zero-order chi connectivity index (χ0) is 15.6. The number of hydrogen-bond acceptors (Lipinski definition) is 4. The van der Waals surface area contributed by atoms with E-state index in [0.29, 0.717) is 5.75 Å². The van der Waals surface area contributed by atoms with Crippen molar-refractivity contribution in [2.45, 2.75) is 11.8 Å². The molecule has 0 amide bonds. The lowest BCUT2D eigenvalue weighted by Crippen LogP contribution is -2.14. The molecule has 0 spiro atoms. The number of rotatable bonds is 4. The maximum Gasteiger partial charge on any atom is 0.262 e. The molecule has 21 heavy (non-hydrogen) atoms. The van der Waals surface area contributed by atoms with Crippen molar-refractivity contribution < 1.29 is 22.7 Å². The van der Waals surface area contributed by atoms with Crippen molar-refractivity contribution in [3.63, 3.8) is 0 Å². The predicted molar refractivity (Wildman–Crippen MR) is 76.6 cm³/mol. The minimum absolute atomic E-state index is 0.0134. The van der Waals surface area contributed by atoms with E-state index >= 15 is 0 Å². The first-order chi connectivity index (χ1) is 9.83. The van der Waals surface area contributed by atoms with Crippen LogP contribution in [0.3, 0.4) is 0 Å². The summed E-state index contributed by atoms with van der Waals surface area (Å²) in [6.45, 7) is 1.49. The zero-order valence-corrected chi connectivity index (χ0v) is 12.2. The van der Waals surface area contributed by atoms with Crippen LogP contribution in [-0.4, -0.2) is 20.6 Å². The number of nitrogens with one attached hydrogen (secondary N) is 1. The highest BCUT2D eigenvalue weighted by atomic mass is 32.2. The molecule has 0 saturated heterocycles. The van der Waals surface area contributed by atoms with Crippen LogP contribution < -0.4 is 9.46 Å². The normalized spacial score (nSPS) is 11.2. The largest absolute Gasteiger partial charge is 0.506 e. The molecule has 0 aliphatic carbocycles. The Hall–Kier alpha value is -2.28. The van der Waals surface area contributed by atoms with Crippen LogP contribution in [0, 0.1) is 12.7 Å². The number of sulfonamides is 1. The number of benzene rings is 2. The third-order valence-electron chi connectivity index (χ3n) is 2.88. The van der Waals surface area contributed by atoms with Crippen LogP contribution >= 0.6 is 0 Å².